The summed E-state index contributed by atoms with van der Waals surface area (Å²) in [6, 6.07) is 4.10. The van der Waals surface area contributed by atoms with E-state index >= 15 is 0 Å². The van der Waals surface area contributed by atoms with E-state index in [1.54, 1.807) is 0 Å². The molecule has 0 saturated heterocycles. The summed E-state index contributed by atoms with van der Waals surface area (Å²) in [6.07, 6.45) is 0. The van der Waals surface area contributed by atoms with Crippen LogP contribution in [0.2, 0.25) is 0 Å². The number of nitrogens with one attached hydrogen (secondary N) is 2. The van der Waals surface area contributed by atoms with Crippen LogP contribution in [0.1, 0.15) is 10.6 Å². The molecule has 0 aliphatic heterocycles. The van der Waals surface area contributed by atoms with Gasteiger partial charge in [0.2, 0.25) is 0 Å². The maximum absolute atomic E-state index is 12.9. The van der Waals surface area contributed by atoms with Gasteiger partial charge in [0.05, 0.1) is 4.47 Å². The van der Waals surface area contributed by atoms with Gasteiger partial charge in [-0.15, -0.1) is 10.2 Å². The molecule has 8 heteroatoms. The first-order valence-electron chi connectivity index (χ1n) is 4.16. The lowest BCUT2D eigenvalue weighted by molar-refractivity contribution is 0.101. The summed E-state index contributed by atoms with van der Waals surface area (Å²) in [7, 11) is 0. The third-order valence-corrected chi connectivity index (χ3v) is 2.33. The molecule has 0 spiro atoms. The van der Waals surface area contributed by atoms with Crippen LogP contribution < -0.4 is 5.32 Å². The van der Waals surface area contributed by atoms with E-state index in [4.69, 9.17) is 0 Å². The zero-order valence-electron chi connectivity index (χ0n) is 7.74. The van der Waals surface area contributed by atoms with Crippen molar-refractivity contribution >= 4 is 27.5 Å². The van der Waals surface area contributed by atoms with E-state index in [1.165, 1.54) is 18.2 Å². The van der Waals surface area contributed by atoms with Gasteiger partial charge >= 0.3 is 0 Å². The molecular formula is C8H5BrFN5O. The Morgan fingerprint density at radius 2 is 2.31 bits per heavy atom. The first-order chi connectivity index (χ1) is 7.66. The molecule has 1 amide bonds. The Morgan fingerprint density at radius 3 is 2.94 bits per heavy atom. The SMILES string of the molecule is O=C(Nc1ccc(F)c(Br)c1)c1nn[nH]n1. The van der Waals surface area contributed by atoms with E-state index < -0.39 is 11.7 Å². The fourth-order valence-electron chi connectivity index (χ4n) is 1.02. The van der Waals surface area contributed by atoms with Gasteiger partial charge in [-0.05, 0) is 39.3 Å². The second kappa shape index (κ2) is 4.35. The van der Waals surface area contributed by atoms with Crippen LogP contribution in [0.3, 0.4) is 0 Å². The molecule has 2 aromatic rings. The van der Waals surface area contributed by atoms with E-state index in [1.807, 2.05) is 0 Å². The highest BCUT2D eigenvalue weighted by molar-refractivity contribution is 9.10. The molecule has 6 nitrogen and oxygen atoms in total. The van der Waals surface area contributed by atoms with Crippen LogP contribution in [-0.4, -0.2) is 26.5 Å². The van der Waals surface area contributed by atoms with Crippen molar-refractivity contribution in [1.82, 2.24) is 20.6 Å². The third-order valence-electron chi connectivity index (χ3n) is 1.73. The molecule has 2 N–H and O–H groups in total. The van der Waals surface area contributed by atoms with Crippen molar-refractivity contribution in [2.24, 2.45) is 0 Å². The number of amides is 1. The van der Waals surface area contributed by atoms with Crippen molar-refractivity contribution < 1.29 is 9.18 Å². The lowest BCUT2D eigenvalue weighted by Crippen LogP contribution is -2.13. The van der Waals surface area contributed by atoms with Crippen LogP contribution >= 0.6 is 15.9 Å². The zero-order valence-corrected chi connectivity index (χ0v) is 9.32. The highest BCUT2D eigenvalue weighted by Gasteiger charge is 2.11. The average molecular weight is 286 g/mol. The molecule has 2 rings (SSSR count). The van der Waals surface area contributed by atoms with Gasteiger partial charge in [-0.3, -0.25) is 4.79 Å². The minimum atomic E-state index is -0.521. The number of benzene rings is 1. The van der Waals surface area contributed by atoms with Gasteiger partial charge in [0.15, 0.2) is 0 Å². The van der Waals surface area contributed by atoms with E-state index in [-0.39, 0.29) is 10.3 Å². The predicted octanol–water partition coefficient (Wildman–Crippen LogP) is 1.35. The van der Waals surface area contributed by atoms with Crippen LogP contribution in [0.4, 0.5) is 10.1 Å². The number of carbonyl (C=O) groups is 1. The van der Waals surface area contributed by atoms with Crippen molar-refractivity contribution in [3.05, 3.63) is 34.3 Å². The van der Waals surface area contributed by atoms with Gasteiger partial charge in [0.1, 0.15) is 5.82 Å². The number of tetrazole rings is 1. The Balaban J connectivity index is 2.15. The largest absolute Gasteiger partial charge is 0.319 e. The summed E-state index contributed by atoms with van der Waals surface area (Å²) in [5.41, 5.74) is 0.433. The van der Waals surface area contributed by atoms with Crippen LogP contribution in [-0.2, 0) is 0 Å². The Kier molecular flexibility index (Phi) is 2.91. The van der Waals surface area contributed by atoms with E-state index in [0.717, 1.165) is 0 Å². The van der Waals surface area contributed by atoms with Crippen molar-refractivity contribution in [1.29, 1.82) is 0 Å². The van der Waals surface area contributed by atoms with Gasteiger partial charge in [-0.2, -0.15) is 5.21 Å². The summed E-state index contributed by atoms with van der Waals surface area (Å²) in [5.74, 6) is -1.01. The van der Waals surface area contributed by atoms with E-state index in [0.29, 0.717) is 5.69 Å². The summed E-state index contributed by atoms with van der Waals surface area (Å²) in [4.78, 5) is 11.5. The van der Waals surface area contributed by atoms with Gasteiger partial charge in [-0.1, -0.05) is 0 Å². The summed E-state index contributed by atoms with van der Waals surface area (Å²) < 4.78 is 13.2. The van der Waals surface area contributed by atoms with Gasteiger partial charge in [-0.25, -0.2) is 4.39 Å². The number of H-pyrrole nitrogens is 1. The smallest absolute Gasteiger partial charge is 0.297 e. The number of aromatic amines is 1. The van der Waals surface area contributed by atoms with Crippen molar-refractivity contribution in [3.63, 3.8) is 0 Å². The molecule has 0 aliphatic rings. The Bertz CT molecular complexity index is 515. The molecule has 0 saturated carbocycles. The van der Waals surface area contributed by atoms with Gasteiger partial charge < -0.3 is 5.32 Å². The lowest BCUT2D eigenvalue weighted by atomic mass is 10.3. The molecule has 1 heterocycles. The van der Waals surface area contributed by atoms with Crippen molar-refractivity contribution in [3.8, 4) is 0 Å². The number of hydrogen-bond acceptors (Lipinski definition) is 4. The highest BCUT2D eigenvalue weighted by atomic mass is 79.9. The molecule has 1 aromatic heterocycles. The quantitative estimate of drug-likeness (QED) is 0.873. The number of hydrogen-bond donors (Lipinski definition) is 2. The highest BCUT2D eigenvalue weighted by Crippen LogP contribution is 2.20. The predicted molar refractivity (Wildman–Crippen MR) is 56.2 cm³/mol. The zero-order chi connectivity index (χ0) is 11.5. The fraction of sp³-hybridized carbons (Fsp3) is 0. The van der Waals surface area contributed by atoms with Crippen LogP contribution in [0.15, 0.2) is 22.7 Å². The van der Waals surface area contributed by atoms with Crippen molar-refractivity contribution in [2.45, 2.75) is 0 Å². The van der Waals surface area contributed by atoms with Crippen LogP contribution in [0.25, 0.3) is 0 Å². The first kappa shape index (κ1) is 10.7. The minimum Gasteiger partial charge on any atom is -0.319 e. The van der Waals surface area contributed by atoms with Crippen LogP contribution in [0.5, 0.6) is 0 Å². The maximum Gasteiger partial charge on any atom is 0.297 e. The summed E-state index contributed by atoms with van der Waals surface area (Å²) >= 11 is 3.01. The molecule has 16 heavy (non-hydrogen) atoms. The average Bonchev–Trinajstić information content (AvgIpc) is 2.77. The number of aromatic nitrogens is 4. The van der Waals surface area contributed by atoms with E-state index in [9.17, 15) is 9.18 Å². The molecule has 0 unspecified atom stereocenters. The standard InChI is InChI=1S/C8H5BrFN5O/c9-5-3-4(1-2-6(5)10)11-8(16)7-12-14-15-13-7/h1-3H,(H,11,16)(H,12,13,14,15). The van der Waals surface area contributed by atoms with Crippen molar-refractivity contribution in [2.75, 3.05) is 5.32 Å². The third kappa shape index (κ3) is 2.22. The topological polar surface area (TPSA) is 83.6 Å². The Labute approximate surface area is 97.4 Å². The molecular weight excluding hydrogens is 281 g/mol. The number of nitrogens with zero attached hydrogens (tertiary/aromatic N) is 3. The molecule has 0 bridgehead atoms. The number of halogens is 2. The van der Waals surface area contributed by atoms with E-state index in [2.05, 4.69) is 41.9 Å². The lowest BCUT2D eigenvalue weighted by Gasteiger charge is -2.02. The normalized spacial score (nSPS) is 10.1. The summed E-state index contributed by atoms with van der Waals surface area (Å²) in [6.45, 7) is 0. The number of anilines is 1. The first-order valence-corrected chi connectivity index (χ1v) is 4.96. The minimum absolute atomic E-state index is 0.0829. The second-order valence-electron chi connectivity index (χ2n) is 2.82. The maximum atomic E-state index is 12.9. The molecule has 0 aliphatic carbocycles. The van der Waals surface area contributed by atoms with Crippen LogP contribution in [0, 0.1) is 5.82 Å². The Hall–Kier alpha value is -1.83. The molecule has 0 radical (unpaired) electrons. The molecule has 0 fully saturated rings. The molecule has 1 aromatic carbocycles. The molecule has 0 atom stereocenters. The Morgan fingerprint density at radius 1 is 1.50 bits per heavy atom. The number of rotatable bonds is 2. The second-order valence-corrected chi connectivity index (χ2v) is 3.67. The molecule has 82 valence electrons. The van der Waals surface area contributed by atoms with Gasteiger partial charge in [0, 0.05) is 5.69 Å². The fourth-order valence-corrected chi connectivity index (χ4v) is 1.40. The van der Waals surface area contributed by atoms with Gasteiger partial charge in [0.25, 0.3) is 11.7 Å². The monoisotopic (exact) mass is 285 g/mol. The number of carbonyl (C=O) groups excluding carboxylic acids is 1. The summed E-state index contributed by atoms with van der Waals surface area (Å²) in [5, 5.41) is 14.9.